The highest BCUT2D eigenvalue weighted by atomic mass is 16.5. The molecule has 0 saturated carbocycles. The van der Waals surface area contributed by atoms with Gasteiger partial charge in [-0.3, -0.25) is 15.1 Å². The summed E-state index contributed by atoms with van der Waals surface area (Å²) in [4.78, 5) is 13.2. The molecular weight excluding hydrogens is 236 g/mol. The lowest BCUT2D eigenvalue weighted by atomic mass is 10.2. The molecule has 1 heterocycles. The van der Waals surface area contributed by atoms with E-state index in [9.17, 15) is 4.79 Å². The van der Waals surface area contributed by atoms with Crippen molar-refractivity contribution in [1.29, 1.82) is 0 Å². The highest BCUT2D eigenvalue weighted by Gasteiger charge is 2.12. The van der Waals surface area contributed by atoms with Gasteiger partial charge in [0.15, 0.2) is 11.5 Å². The molecule has 102 valence electrons. The third-order valence-corrected chi connectivity index (χ3v) is 2.55. The molecule has 0 saturated heterocycles. The second kappa shape index (κ2) is 7.80. The molecule has 0 unspecified atom stereocenters. The zero-order valence-corrected chi connectivity index (χ0v) is 10.6. The van der Waals surface area contributed by atoms with Crippen molar-refractivity contribution < 1.29 is 14.4 Å². The number of nitrogens with two attached hydrogens (primary N) is 1. The molecule has 1 aromatic heterocycles. The van der Waals surface area contributed by atoms with Crippen LogP contribution < -0.4 is 11.3 Å². The minimum Gasteiger partial charge on any atom is -0.396 e. The van der Waals surface area contributed by atoms with Crippen molar-refractivity contribution in [2.75, 3.05) is 20.2 Å². The summed E-state index contributed by atoms with van der Waals surface area (Å²) in [7, 11) is 1.96. The van der Waals surface area contributed by atoms with Gasteiger partial charge in [-0.15, -0.1) is 0 Å². The normalized spacial score (nSPS) is 10.9. The molecule has 0 spiro atoms. The van der Waals surface area contributed by atoms with Crippen molar-refractivity contribution in [3.8, 4) is 0 Å². The monoisotopic (exact) mass is 256 g/mol. The topological polar surface area (TPSA) is 105 Å². The van der Waals surface area contributed by atoms with Gasteiger partial charge in [-0.1, -0.05) is 5.16 Å². The molecule has 7 nitrogen and oxygen atoms in total. The first-order chi connectivity index (χ1) is 8.67. The second-order valence-electron chi connectivity index (χ2n) is 4.17. The Labute approximate surface area is 106 Å². The zero-order chi connectivity index (χ0) is 13.4. The van der Waals surface area contributed by atoms with Crippen LogP contribution in [0.5, 0.6) is 0 Å². The van der Waals surface area contributed by atoms with Crippen LogP contribution in [-0.4, -0.2) is 41.3 Å². The number of carbonyl (C=O) groups excluding carboxylic acids is 1. The molecule has 0 aliphatic carbocycles. The van der Waals surface area contributed by atoms with Gasteiger partial charge in [-0.05, 0) is 32.9 Å². The van der Waals surface area contributed by atoms with Crippen LogP contribution in [0.25, 0.3) is 0 Å². The van der Waals surface area contributed by atoms with Gasteiger partial charge in [0, 0.05) is 12.7 Å². The van der Waals surface area contributed by atoms with Crippen LogP contribution in [0.2, 0.25) is 0 Å². The maximum atomic E-state index is 11.2. The molecule has 4 N–H and O–H groups in total. The number of aliphatic hydroxyl groups excluding tert-OH is 1. The van der Waals surface area contributed by atoms with Crippen molar-refractivity contribution in [1.82, 2.24) is 15.5 Å². The Balaban J connectivity index is 2.33. The van der Waals surface area contributed by atoms with E-state index in [1.54, 1.807) is 6.07 Å². The van der Waals surface area contributed by atoms with E-state index >= 15 is 0 Å². The Morgan fingerprint density at radius 3 is 3.00 bits per heavy atom. The van der Waals surface area contributed by atoms with Crippen LogP contribution in [0.3, 0.4) is 0 Å². The van der Waals surface area contributed by atoms with Crippen LogP contribution in [0.15, 0.2) is 10.6 Å². The lowest BCUT2D eigenvalue weighted by Gasteiger charge is -2.13. The minimum atomic E-state index is -0.462. The van der Waals surface area contributed by atoms with E-state index in [4.69, 9.17) is 15.5 Å². The number of aromatic nitrogens is 1. The Hall–Kier alpha value is -1.44. The number of unbranched alkanes of at least 4 members (excludes halogenated alkanes) is 2. The molecule has 0 aliphatic heterocycles. The van der Waals surface area contributed by atoms with Crippen molar-refractivity contribution in [2.45, 2.75) is 25.8 Å². The average Bonchev–Trinajstić information content (AvgIpc) is 2.82. The first-order valence-corrected chi connectivity index (χ1v) is 5.93. The summed E-state index contributed by atoms with van der Waals surface area (Å²) in [6.45, 7) is 1.73. The molecule has 1 aromatic rings. The number of carbonyl (C=O) groups is 1. The van der Waals surface area contributed by atoms with Crippen molar-refractivity contribution in [3.05, 3.63) is 17.5 Å². The SMILES string of the molecule is CN(CCCCCO)Cc1cc(C(=O)NN)no1. The van der Waals surface area contributed by atoms with E-state index in [-0.39, 0.29) is 12.3 Å². The van der Waals surface area contributed by atoms with E-state index in [1.807, 2.05) is 12.5 Å². The Bertz CT molecular complexity index is 367. The van der Waals surface area contributed by atoms with Gasteiger partial charge in [0.25, 0.3) is 5.91 Å². The van der Waals surface area contributed by atoms with Gasteiger partial charge in [0.1, 0.15) is 0 Å². The number of hydrazine groups is 1. The number of hydrogen-bond acceptors (Lipinski definition) is 6. The molecule has 18 heavy (non-hydrogen) atoms. The fourth-order valence-corrected chi connectivity index (χ4v) is 1.58. The molecule has 0 aromatic carbocycles. The van der Waals surface area contributed by atoms with Gasteiger partial charge in [0.2, 0.25) is 0 Å². The van der Waals surface area contributed by atoms with Gasteiger partial charge in [0.05, 0.1) is 6.54 Å². The van der Waals surface area contributed by atoms with Crippen molar-refractivity contribution in [2.24, 2.45) is 5.84 Å². The summed E-state index contributed by atoms with van der Waals surface area (Å²) in [5, 5.41) is 12.3. The predicted octanol–water partition coefficient (Wildman–Crippen LogP) is -0.127. The van der Waals surface area contributed by atoms with Crippen molar-refractivity contribution >= 4 is 5.91 Å². The summed E-state index contributed by atoms with van der Waals surface area (Å²) >= 11 is 0. The summed E-state index contributed by atoms with van der Waals surface area (Å²) in [6, 6.07) is 1.58. The molecule has 1 rings (SSSR count). The summed E-state index contributed by atoms with van der Waals surface area (Å²) in [5.41, 5.74) is 2.18. The largest absolute Gasteiger partial charge is 0.396 e. The molecule has 0 bridgehead atoms. The predicted molar refractivity (Wildman–Crippen MR) is 65.4 cm³/mol. The van der Waals surface area contributed by atoms with E-state index in [2.05, 4.69) is 10.1 Å². The molecular formula is C11H20N4O3. The molecule has 1 amide bonds. The third-order valence-electron chi connectivity index (χ3n) is 2.55. The highest BCUT2D eigenvalue weighted by molar-refractivity contribution is 5.91. The van der Waals surface area contributed by atoms with Crippen LogP contribution in [-0.2, 0) is 6.54 Å². The highest BCUT2D eigenvalue weighted by Crippen LogP contribution is 2.07. The smallest absolute Gasteiger partial charge is 0.287 e. The summed E-state index contributed by atoms with van der Waals surface area (Å²) in [6.07, 6.45) is 2.84. The zero-order valence-electron chi connectivity index (χ0n) is 10.6. The maximum Gasteiger partial charge on any atom is 0.287 e. The Morgan fingerprint density at radius 2 is 2.33 bits per heavy atom. The van der Waals surface area contributed by atoms with Crippen LogP contribution in [0, 0.1) is 0 Å². The quantitative estimate of drug-likeness (QED) is 0.259. The number of aliphatic hydroxyl groups is 1. The Morgan fingerprint density at radius 1 is 1.56 bits per heavy atom. The second-order valence-corrected chi connectivity index (χ2v) is 4.17. The number of nitrogens with zero attached hydrogens (tertiary/aromatic N) is 2. The van der Waals surface area contributed by atoms with Gasteiger partial charge in [-0.25, -0.2) is 5.84 Å². The number of amides is 1. The first-order valence-electron chi connectivity index (χ1n) is 5.93. The van der Waals surface area contributed by atoms with Crippen LogP contribution in [0.1, 0.15) is 35.5 Å². The lowest BCUT2D eigenvalue weighted by molar-refractivity contribution is 0.0944. The van der Waals surface area contributed by atoms with E-state index < -0.39 is 5.91 Å². The molecule has 0 atom stereocenters. The van der Waals surface area contributed by atoms with Gasteiger partial charge >= 0.3 is 0 Å². The molecule has 0 radical (unpaired) electrons. The fraction of sp³-hybridized carbons (Fsp3) is 0.636. The van der Waals surface area contributed by atoms with Gasteiger partial charge in [-0.2, -0.15) is 0 Å². The molecule has 0 fully saturated rings. The van der Waals surface area contributed by atoms with E-state index in [0.717, 1.165) is 25.8 Å². The van der Waals surface area contributed by atoms with E-state index in [1.165, 1.54) is 0 Å². The Kier molecular flexibility index (Phi) is 6.34. The maximum absolute atomic E-state index is 11.2. The van der Waals surface area contributed by atoms with Crippen LogP contribution >= 0.6 is 0 Å². The standard InChI is InChI=1S/C11H20N4O3/c1-15(5-3-2-4-6-16)8-9-7-10(14-18-9)11(17)13-12/h7,16H,2-6,8,12H2,1H3,(H,13,17). The summed E-state index contributed by atoms with van der Waals surface area (Å²) in [5.74, 6) is 5.16. The minimum absolute atomic E-state index is 0.182. The first kappa shape index (κ1) is 14.6. The average molecular weight is 256 g/mol. The summed E-state index contributed by atoms with van der Waals surface area (Å²) < 4.78 is 5.04. The number of rotatable bonds is 8. The number of nitrogens with one attached hydrogen (secondary N) is 1. The van der Waals surface area contributed by atoms with Gasteiger partial charge < -0.3 is 9.63 Å². The van der Waals surface area contributed by atoms with Crippen LogP contribution in [0.4, 0.5) is 0 Å². The molecule has 0 aliphatic rings. The van der Waals surface area contributed by atoms with E-state index in [0.29, 0.717) is 12.3 Å². The van der Waals surface area contributed by atoms with Crippen molar-refractivity contribution in [3.63, 3.8) is 0 Å². The third kappa shape index (κ3) is 4.82. The lowest BCUT2D eigenvalue weighted by Crippen LogP contribution is -2.30. The number of nitrogen functional groups attached to an aromatic ring is 1. The fourth-order valence-electron chi connectivity index (χ4n) is 1.58. The molecule has 7 heteroatoms. The number of hydrogen-bond donors (Lipinski definition) is 3.